The molecular weight excluding hydrogens is 340 g/mol. The fourth-order valence-electron chi connectivity index (χ4n) is 2.63. The van der Waals surface area contributed by atoms with E-state index in [2.05, 4.69) is 5.32 Å². The van der Waals surface area contributed by atoms with Crippen molar-refractivity contribution < 1.29 is 14.3 Å². The van der Waals surface area contributed by atoms with E-state index in [0.29, 0.717) is 13.2 Å². The number of anilines is 2. The molecule has 0 aromatic heterocycles. The average Bonchev–Trinajstić information content (AvgIpc) is 2.68. The molecule has 0 heterocycles. The number of benzene rings is 2. The maximum atomic E-state index is 12.8. The molecule has 0 saturated heterocycles. The van der Waals surface area contributed by atoms with Crippen LogP contribution in [0.25, 0.3) is 0 Å². The predicted octanol–water partition coefficient (Wildman–Crippen LogP) is 4.06. The lowest BCUT2D eigenvalue weighted by molar-refractivity contribution is -0.125. The van der Waals surface area contributed by atoms with Crippen molar-refractivity contribution in [1.29, 1.82) is 0 Å². The van der Waals surface area contributed by atoms with E-state index in [9.17, 15) is 9.59 Å². The summed E-state index contributed by atoms with van der Waals surface area (Å²) in [5, 5.41) is 2.84. The highest BCUT2D eigenvalue weighted by atomic mass is 16.5. The highest BCUT2D eigenvalue weighted by molar-refractivity contribution is 6.01. The predicted molar refractivity (Wildman–Crippen MR) is 108 cm³/mol. The van der Waals surface area contributed by atoms with E-state index in [1.54, 1.807) is 4.90 Å². The Morgan fingerprint density at radius 2 is 1.48 bits per heavy atom. The zero-order chi connectivity index (χ0) is 19.5. The fraction of sp³-hybridized carbons (Fsp3) is 0.364. The maximum Gasteiger partial charge on any atom is 0.232 e. The molecule has 0 radical (unpaired) electrons. The van der Waals surface area contributed by atoms with Gasteiger partial charge in [-0.25, -0.2) is 0 Å². The molecule has 2 aromatic rings. The zero-order valence-electron chi connectivity index (χ0n) is 16.1. The van der Waals surface area contributed by atoms with Crippen LogP contribution in [-0.2, 0) is 14.3 Å². The minimum atomic E-state index is -0.117. The van der Waals surface area contributed by atoms with Gasteiger partial charge in [0.25, 0.3) is 0 Å². The Hall–Kier alpha value is -2.66. The SMILES string of the molecule is CC(C)OCCCNC(=O)CCC(=O)N(c1ccccc1)c1ccccc1. The maximum absolute atomic E-state index is 12.8. The first-order valence-corrected chi connectivity index (χ1v) is 9.39. The molecule has 0 bridgehead atoms. The summed E-state index contributed by atoms with van der Waals surface area (Å²) in [6.45, 7) is 5.14. The van der Waals surface area contributed by atoms with Crippen molar-refractivity contribution >= 4 is 23.2 Å². The third-order valence-electron chi connectivity index (χ3n) is 3.94. The molecule has 0 saturated carbocycles. The van der Waals surface area contributed by atoms with E-state index >= 15 is 0 Å². The van der Waals surface area contributed by atoms with Gasteiger partial charge >= 0.3 is 0 Å². The Bertz CT molecular complexity index is 663. The Balaban J connectivity index is 1.88. The van der Waals surface area contributed by atoms with Crippen molar-refractivity contribution in [2.24, 2.45) is 0 Å². The number of amides is 2. The molecule has 144 valence electrons. The van der Waals surface area contributed by atoms with Gasteiger partial charge in [0.05, 0.1) is 6.10 Å². The van der Waals surface area contributed by atoms with Crippen molar-refractivity contribution in [2.75, 3.05) is 18.1 Å². The molecule has 27 heavy (non-hydrogen) atoms. The number of carbonyl (C=O) groups excluding carboxylic acids is 2. The number of hydrogen-bond donors (Lipinski definition) is 1. The van der Waals surface area contributed by atoms with Gasteiger partial charge in [0, 0.05) is 37.4 Å². The van der Waals surface area contributed by atoms with E-state index in [0.717, 1.165) is 17.8 Å². The van der Waals surface area contributed by atoms with E-state index in [1.807, 2.05) is 74.5 Å². The van der Waals surface area contributed by atoms with Crippen LogP contribution in [-0.4, -0.2) is 31.1 Å². The minimum Gasteiger partial charge on any atom is -0.379 e. The molecule has 0 aliphatic rings. The summed E-state index contributed by atoms with van der Waals surface area (Å²) in [5.41, 5.74) is 1.58. The molecule has 0 aliphatic carbocycles. The highest BCUT2D eigenvalue weighted by Gasteiger charge is 2.18. The molecule has 0 fully saturated rings. The third-order valence-corrected chi connectivity index (χ3v) is 3.94. The van der Waals surface area contributed by atoms with Crippen LogP contribution in [0.15, 0.2) is 60.7 Å². The van der Waals surface area contributed by atoms with Gasteiger partial charge in [-0.1, -0.05) is 36.4 Å². The van der Waals surface area contributed by atoms with Gasteiger partial charge in [-0.2, -0.15) is 0 Å². The fourth-order valence-corrected chi connectivity index (χ4v) is 2.63. The molecule has 0 unspecified atom stereocenters. The molecule has 0 atom stereocenters. The Kier molecular flexibility index (Phi) is 8.52. The average molecular weight is 368 g/mol. The van der Waals surface area contributed by atoms with Crippen LogP contribution in [0.4, 0.5) is 11.4 Å². The summed E-state index contributed by atoms with van der Waals surface area (Å²) in [6, 6.07) is 18.9. The van der Waals surface area contributed by atoms with E-state index in [-0.39, 0.29) is 30.8 Å². The van der Waals surface area contributed by atoms with Gasteiger partial charge in [0.15, 0.2) is 0 Å². The molecule has 2 rings (SSSR count). The van der Waals surface area contributed by atoms with Crippen molar-refractivity contribution in [1.82, 2.24) is 5.32 Å². The first kappa shape index (κ1) is 20.6. The van der Waals surface area contributed by atoms with Crippen LogP contribution in [0.3, 0.4) is 0 Å². The molecular formula is C22H28N2O3. The smallest absolute Gasteiger partial charge is 0.232 e. The largest absolute Gasteiger partial charge is 0.379 e. The second-order valence-electron chi connectivity index (χ2n) is 6.52. The molecule has 2 aromatic carbocycles. The molecule has 0 aliphatic heterocycles. The number of hydrogen-bond acceptors (Lipinski definition) is 3. The topological polar surface area (TPSA) is 58.6 Å². The summed E-state index contributed by atoms with van der Waals surface area (Å²) in [4.78, 5) is 26.5. The summed E-state index contributed by atoms with van der Waals surface area (Å²) >= 11 is 0. The van der Waals surface area contributed by atoms with Crippen LogP contribution in [0.5, 0.6) is 0 Å². The van der Waals surface area contributed by atoms with E-state index in [1.165, 1.54) is 0 Å². The first-order valence-electron chi connectivity index (χ1n) is 9.39. The van der Waals surface area contributed by atoms with Gasteiger partial charge in [0.1, 0.15) is 0 Å². The summed E-state index contributed by atoms with van der Waals surface area (Å²) in [5.74, 6) is -0.223. The van der Waals surface area contributed by atoms with Gasteiger partial charge in [-0.3, -0.25) is 14.5 Å². The van der Waals surface area contributed by atoms with Crippen LogP contribution in [0.1, 0.15) is 33.1 Å². The lowest BCUT2D eigenvalue weighted by atomic mass is 10.2. The normalized spacial score (nSPS) is 10.6. The summed E-state index contributed by atoms with van der Waals surface area (Å²) < 4.78 is 5.44. The van der Waals surface area contributed by atoms with Crippen molar-refractivity contribution in [3.63, 3.8) is 0 Å². The monoisotopic (exact) mass is 368 g/mol. The zero-order valence-corrected chi connectivity index (χ0v) is 16.1. The summed E-state index contributed by atoms with van der Waals surface area (Å²) in [6.07, 6.45) is 1.27. The number of para-hydroxylation sites is 2. The van der Waals surface area contributed by atoms with E-state index in [4.69, 9.17) is 4.74 Å². The van der Waals surface area contributed by atoms with Crippen LogP contribution in [0.2, 0.25) is 0 Å². The number of nitrogens with one attached hydrogen (secondary N) is 1. The number of ether oxygens (including phenoxy) is 1. The molecule has 1 N–H and O–H groups in total. The van der Waals surface area contributed by atoms with Crippen LogP contribution in [0, 0.1) is 0 Å². The number of nitrogens with zero attached hydrogens (tertiary/aromatic N) is 1. The highest BCUT2D eigenvalue weighted by Crippen LogP contribution is 2.26. The Morgan fingerprint density at radius 3 is 2.00 bits per heavy atom. The third kappa shape index (κ3) is 7.23. The molecule has 5 heteroatoms. The van der Waals surface area contributed by atoms with Crippen molar-refractivity contribution in [3.8, 4) is 0 Å². The molecule has 2 amide bonds. The number of carbonyl (C=O) groups is 2. The molecule has 0 spiro atoms. The standard InChI is InChI=1S/C22H28N2O3/c1-18(2)27-17-9-16-23-21(25)14-15-22(26)24(19-10-5-3-6-11-19)20-12-7-4-8-13-20/h3-8,10-13,18H,9,14-17H2,1-2H3,(H,23,25). The first-order chi connectivity index (χ1) is 13.1. The lowest BCUT2D eigenvalue weighted by Crippen LogP contribution is -2.30. The lowest BCUT2D eigenvalue weighted by Gasteiger charge is -2.23. The van der Waals surface area contributed by atoms with Crippen LogP contribution < -0.4 is 10.2 Å². The quantitative estimate of drug-likeness (QED) is 0.643. The molecule has 5 nitrogen and oxygen atoms in total. The number of rotatable bonds is 10. The van der Waals surface area contributed by atoms with Gasteiger partial charge < -0.3 is 10.1 Å². The van der Waals surface area contributed by atoms with Crippen LogP contribution >= 0.6 is 0 Å². The Labute approximate surface area is 161 Å². The van der Waals surface area contributed by atoms with Crippen molar-refractivity contribution in [3.05, 3.63) is 60.7 Å². The second kappa shape index (κ2) is 11.1. The van der Waals surface area contributed by atoms with Crippen molar-refractivity contribution in [2.45, 2.75) is 39.2 Å². The van der Waals surface area contributed by atoms with E-state index < -0.39 is 0 Å². The second-order valence-corrected chi connectivity index (χ2v) is 6.52. The van der Waals surface area contributed by atoms with Gasteiger partial charge in [0.2, 0.25) is 11.8 Å². The van der Waals surface area contributed by atoms with Gasteiger partial charge in [-0.05, 0) is 44.5 Å². The minimum absolute atomic E-state index is 0.106. The van der Waals surface area contributed by atoms with Gasteiger partial charge in [-0.15, -0.1) is 0 Å². The summed E-state index contributed by atoms with van der Waals surface area (Å²) in [7, 11) is 0. The Morgan fingerprint density at radius 1 is 0.926 bits per heavy atom.